The molecule has 0 heterocycles. The molecule has 190 valence electrons. The van der Waals surface area contributed by atoms with Crippen molar-refractivity contribution in [2.24, 2.45) is 0 Å². The third-order valence-corrected chi connectivity index (χ3v) is 7.68. The van der Waals surface area contributed by atoms with Crippen LogP contribution in [0, 0.1) is 0 Å². The Morgan fingerprint density at radius 2 is 1.50 bits per heavy atom. The van der Waals surface area contributed by atoms with Crippen LogP contribution in [0.5, 0.6) is 0 Å². The highest BCUT2D eigenvalue weighted by atomic mass is 35.5. The number of nitrogens with zero attached hydrogens (tertiary/aromatic N) is 2. The SMILES string of the molecule is CCCNC(=O)C(C)N(Cc1ccccc1)C(=O)CN(c1ccc(Cl)cc1)S(=O)(=O)c1ccccc1. The number of sulfonamides is 1. The van der Waals surface area contributed by atoms with E-state index in [0.717, 1.165) is 16.3 Å². The number of carbonyl (C=O) groups excluding carboxylic acids is 2. The van der Waals surface area contributed by atoms with Gasteiger partial charge in [-0.05, 0) is 55.3 Å². The van der Waals surface area contributed by atoms with E-state index >= 15 is 0 Å². The normalized spacial score (nSPS) is 12.0. The van der Waals surface area contributed by atoms with Crippen molar-refractivity contribution in [3.63, 3.8) is 0 Å². The van der Waals surface area contributed by atoms with Crippen LogP contribution in [0.2, 0.25) is 5.02 Å². The lowest BCUT2D eigenvalue weighted by molar-refractivity contribution is -0.139. The van der Waals surface area contributed by atoms with E-state index in [9.17, 15) is 18.0 Å². The van der Waals surface area contributed by atoms with Crippen LogP contribution in [0.15, 0.2) is 89.8 Å². The van der Waals surface area contributed by atoms with Gasteiger partial charge in [-0.15, -0.1) is 0 Å². The molecule has 3 aromatic carbocycles. The Bertz CT molecular complexity index is 1250. The van der Waals surface area contributed by atoms with E-state index in [0.29, 0.717) is 17.3 Å². The van der Waals surface area contributed by atoms with Crippen LogP contribution in [0.4, 0.5) is 5.69 Å². The van der Waals surface area contributed by atoms with Gasteiger partial charge in [0.15, 0.2) is 0 Å². The van der Waals surface area contributed by atoms with Crippen molar-refractivity contribution >= 4 is 39.1 Å². The minimum absolute atomic E-state index is 0.0519. The molecular formula is C27H30ClN3O4S. The van der Waals surface area contributed by atoms with Crippen molar-refractivity contribution in [2.45, 2.75) is 37.8 Å². The minimum Gasteiger partial charge on any atom is -0.354 e. The van der Waals surface area contributed by atoms with Gasteiger partial charge in [-0.2, -0.15) is 0 Å². The van der Waals surface area contributed by atoms with Crippen molar-refractivity contribution in [1.82, 2.24) is 10.2 Å². The predicted molar refractivity (Wildman–Crippen MR) is 142 cm³/mol. The van der Waals surface area contributed by atoms with Crippen LogP contribution in [-0.2, 0) is 26.2 Å². The zero-order valence-corrected chi connectivity index (χ0v) is 21.9. The molecule has 0 saturated carbocycles. The van der Waals surface area contributed by atoms with Crippen molar-refractivity contribution in [1.29, 1.82) is 0 Å². The van der Waals surface area contributed by atoms with E-state index in [1.165, 1.54) is 17.0 Å². The summed E-state index contributed by atoms with van der Waals surface area (Å²) in [5, 5.41) is 3.26. The standard InChI is InChI=1S/C27H30ClN3O4S/c1-3-18-29-27(33)21(2)30(19-22-10-6-4-7-11-22)26(32)20-31(24-16-14-23(28)15-17-24)36(34,35)25-12-8-5-9-13-25/h4-17,21H,3,18-20H2,1-2H3,(H,29,33). The van der Waals surface area contributed by atoms with Crippen LogP contribution in [-0.4, -0.2) is 44.3 Å². The number of benzene rings is 3. The highest BCUT2D eigenvalue weighted by Crippen LogP contribution is 2.26. The minimum atomic E-state index is -4.09. The number of nitrogens with one attached hydrogen (secondary N) is 1. The lowest BCUT2D eigenvalue weighted by atomic mass is 10.1. The molecule has 9 heteroatoms. The lowest BCUT2D eigenvalue weighted by Gasteiger charge is -2.32. The van der Waals surface area contributed by atoms with E-state index in [1.54, 1.807) is 49.4 Å². The van der Waals surface area contributed by atoms with Gasteiger partial charge in [-0.1, -0.05) is 67.1 Å². The van der Waals surface area contributed by atoms with E-state index in [-0.39, 0.29) is 17.3 Å². The Hall–Kier alpha value is -3.36. The second-order valence-electron chi connectivity index (χ2n) is 8.28. The third-order valence-electron chi connectivity index (χ3n) is 5.64. The fraction of sp³-hybridized carbons (Fsp3) is 0.259. The molecule has 36 heavy (non-hydrogen) atoms. The first-order valence-electron chi connectivity index (χ1n) is 11.7. The van der Waals surface area contributed by atoms with E-state index in [2.05, 4.69) is 5.32 Å². The van der Waals surface area contributed by atoms with E-state index in [1.807, 2.05) is 37.3 Å². The molecule has 3 rings (SSSR count). The molecular weight excluding hydrogens is 498 g/mol. The fourth-order valence-corrected chi connectivity index (χ4v) is 5.18. The summed E-state index contributed by atoms with van der Waals surface area (Å²) < 4.78 is 28.3. The van der Waals surface area contributed by atoms with E-state index in [4.69, 9.17) is 11.6 Å². The molecule has 7 nitrogen and oxygen atoms in total. The molecule has 3 aromatic rings. The first-order chi connectivity index (χ1) is 17.2. The molecule has 0 fully saturated rings. The maximum Gasteiger partial charge on any atom is 0.264 e. The maximum atomic E-state index is 13.7. The summed E-state index contributed by atoms with van der Waals surface area (Å²) in [5.74, 6) is -0.808. The van der Waals surface area contributed by atoms with Crippen molar-refractivity contribution < 1.29 is 18.0 Å². The number of rotatable bonds is 11. The molecule has 0 radical (unpaired) electrons. The second-order valence-corrected chi connectivity index (χ2v) is 10.6. The molecule has 0 aliphatic rings. The number of amides is 2. The largest absolute Gasteiger partial charge is 0.354 e. The Morgan fingerprint density at radius 1 is 0.917 bits per heavy atom. The van der Waals surface area contributed by atoms with Crippen molar-refractivity contribution in [3.05, 3.63) is 95.5 Å². The number of hydrogen-bond donors (Lipinski definition) is 1. The van der Waals surface area contributed by atoms with Gasteiger partial charge in [-0.3, -0.25) is 13.9 Å². The Balaban J connectivity index is 1.98. The number of anilines is 1. The first kappa shape index (κ1) is 27.2. The molecule has 0 saturated heterocycles. The molecule has 2 amide bonds. The summed E-state index contributed by atoms with van der Waals surface area (Å²) in [5.41, 5.74) is 1.12. The predicted octanol–water partition coefficient (Wildman–Crippen LogP) is 4.48. The zero-order chi connectivity index (χ0) is 26.1. The lowest BCUT2D eigenvalue weighted by Crippen LogP contribution is -2.51. The summed E-state index contributed by atoms with van der Waals surface area (Å²) in [4.78, 5) is 28.0. The van der Waals surface area contributed by atoms with Gasteiger partial charge in [0.25, 0.3) is 10.0 Å². The Morgan fingerprint density at radius 3 is 2.08 bits per heavy atom. The topological polar surface area (TPSA) is 86.8 Å². The van der Waals surface area contributed by atoms with Gasteiger partial charge in [0.1, 0.15) is 12.6 Å². The highest BCUT2D eigenvalue weighted by molar-refractivity contribution is 7.92. The zero-order valence-electron chi connectivity index (χ0n) is 20.3. The molecule has 1 N–H and O–H groups in total. The van der Waals surface area contributed by atoms with Crippen LogP contribution >= 0.6 is 11.6 Å². The van der Waals surface area contributed by atoms with Gasteiger partial charge < -0.3 is 10.2 Å². The quantitative estimate of drug-likeness (QED) is 0.398. The smallest absolute Gasteiger partial charge is 0.264 e. The number of hydrogen-bond acceptors (Lipinski definition) is 4. The van der Waals surface area contributed by atoms with Gasteiger partial charge >= 0.3 is 0 Å². The van der Waals surface area contributed by atoms with Gasteiger partial charge in [-0.25, -0.2) is 8.42 Å². The van der Waals surface area contributed by atoms with Crippen molar-refractivity contribution in [3.8, 4) is 0 Å². The Kier molecular flexibility index (Phi) is 9.50. The summed E-state index contributed by atoms with van der Waals surface area (Å²) in [7, 11) is -4.09. The second kappa shape index (κ2) is 12.6. The van der Waals surface area contributed by atoms with Crippen LogP contribution in [0.3, 0.4) is 0 Å². The Labute approximate surface area is 217 Å². The summed E-state index contributed by atoms with van der Waals surface area (Å²) >= 11 is 6.02. The van der Waals surface area contributed by atoms with Gasteiger partial charge in [0.05, 0.1) is 10.6 Å². The average molecular weight is 528 g/mol. The molecule has 0 aliphatic carbocycles. The maximum absolute atomic E-state index is 13.7. The van der Waals surface area contributed by atoms with Crippen LogP contribution in [0.1, 0.15) is 25.8 Å². The monoisotopic (exact) mass is 527 g/mol. The molecule has 0 aromatic heterocycles. The highest BCUT2D eigenvalue weighted by Gasteiger charge is 2.32. The molecule has 0 spiro atoms. The van der Waals surface area contributed by atoms with Crippen LogP contribution < -0.4 is 9.62 Å². The van der Waals surface area contributed by atoms with Crippen molar-refractivity contribution in [2.75, 3.05) is 17.4 Å². The molecule has 0 aliphatic heterocycles. The molecule has 1 atom stereocenters. The van der Waals surface area contributed by atoms with Crippen LogP contribution in [0.25, 0.3) is 0 Å². The molecule has 0 bridgehead atoms. The number of halogens is 1. The van der Waals surface area contributed by atoms with Gasteiger partial charge in [0.2, 0.25) is 11.8 Å². The van der Waals surface area contributed by atoms with E-state index < -0.39 is 28.5 Å². The average Bonchev–Trinajstić information content (AvgIpc) is 2.90. The number of carbonyl (C=O) groups is 2. The summed E-state index contributed by atoms with van der Waals surface area (Å²) in [6, 6.07) is 22.6. The summed E-state index contributed by atoms with van der Waals surface area (Å²) in [6.07, 6.45) is 0.755. The third kappa shape index (κ3) is 6.86. The summed E-state index contributed by atoms with van der Waals surface area (Å²) in [6.45, 7) is 3.73. The fourth-order valence-electron chi connectivity index (χ4n) is 3.61. The van der Waals surface area contributed by atoms with Gasteiger partial charge in [0, 0.05) is 18.1 Å². The first-order valence-corrected chi connectivity index (χ1v) is 13.5. The molecule has 1 unspecified atom stereocenters.